The maximum Gasteiger partial charge on any atom is 0.306 e. The quantitative estimate of drug-likeness (QED) is 0.0261. The Morgan fingerprint density at radius 2 is 0.480 bits per heavy atom. The average Bonchev–Trinajstić information content (AvgIpc) is 3.41. The summed E-state index contributed by atoms with van der Waals surface area (Å²) in [5.41, 5.74) is 0. The van der Waals surface area contributed by atoms with Crippen molar-refractivity contribution in [1.29, 1.82) is 0 Å². The van der Waals surface area contributed by atoms with Crippen LogP contribution in [0.4, 0.5) is 0 Å². The smallest absolute Gasteiger partial charge is 0.306 e. The highest BCUT2D eigenvalue weighted by Crippen LogP contribution is 2.18. The fourth-order valence-corrected chi connectivity index (χ4v) is 10.1. The molecule has 0 bridgehead atoms. The molecule has 0 rings (SSSR count). The molecule has 1 atom stereocenters. The molecule has 0 amide bonds. The zero-order chi connectivity index (χ0) is 54.3. The summed E-state index contributed by atoms with van der Waals surface area (Å²) in [7, 11) is 0. The summed E-state index contributed by atoms with van der Waals surface area (Å²) in [6, 6.07) is 0. The molecule has 0 aliphatic carbocycles. The van der Waals surface area contributed by atoms with Gasteiger partial charge in [0.1, 0.15) is 13.2 Å². The molecule has 0 radical (unpaired) electrons. The Morgan fingerprint density at radius 1 is 0.267 bits per heavy atom. The Hall–Kier alpha value is -2.37. The second kappa shape index (κ2) is 64.2. The molecule has 0 aliphatic heterocycles. The van der Waals surface area contributed by atoms with Gasteiger partial charge in [0.15, 0.2) is 6.10 Å². The molecule has 6 nitrogen and oxygen atoms in total. The van der Waals surface area contributed by atoms with Crippen molar-refractivity contribution < 1.29 is 28.6 Å². The van der Waals surface area contributed by atoms with Gasteiger partial charge in [-0.2, -0.15) is 0 Å². The van der Waals surface area contributed by atoms with Gasteiger partial charge in [0.05, 0.1) is 0 Å². The first-order valence-corrected chi connectivity index (χ1v) is 33.5. The van der Waals surface area contributed by atoms with Gasteiger partial charge in [0, 0.05) is 19.3 Å². The molecule has 0 aliphatic rings. The van der Waals surface area contributed by atoms with Crippen LogP contribution in [0.1, 0.15) is 367 Å². The summed E-state index contributed by atoms with van der Waals surface area (Å²) in [6.45, 7) is 6.69. The van der Waals surface area contributed by atoms with Gasteiger partial charge in [-0.15, -0.1) is 0 Å². The fraction of sp³-hybridized carbons (Fsp3) is 0.870. The van der Waals surface area contributed by atoms with Crippen molar-refractivity contribution >= 4 is 17.9 Å². The SMILES string of the molecule is CCCCCCC/C=C\C/C=C\C/C=C\CCCCCCCCCCCCCCC(=O)OCC(COC(=O)CCCCCCCCCCCCCC)OC(=O)CCCCCCCCCCCCCCCCCCCC. The van der Waals surface area contributed by atoms with Crippen LogP contribution in [0.25, 0.3) is 0 Å². The lowest BCUT2D eigenvalue weighted by Gasteiger charge is -2.18. The number of carbonyl (C=O) groups is 3. The van der Waals surface area contributed by atoms with Crippen molar-refractivity contribution in [3.63, 3.8) is 0 Å². The second-order valence-electron chi connectivity index (χ2n) is 22.7. The van der Waals surface area contributed by atoms with Gasteiger partial charge < -0.3 is 14.2 Å². The maximum atomic E-state index is 12.9. The molecule has 0 saturated heterocycles. The van der Waals surface area contributed by atoms with Crippen LogP contribution in [-0.4, -0.2) is 37.2 Å². The second-order valence-corrected chi connectivity index (χ2v) is 22.7. The van der Waals surface area contributed by atoms with Crippen LogP contribution in [0, 0.1) is 0 Å². The normalized spacial score (nSPS) is 12.2. The van der Waals surface area contributed by atoms with Gasteiger partial charge in [-0.3, -0.25) is 14.4 Å². The van der Waals surface area contributed by atoms with E-state index >= 15 is 0 Å². The van der Waals surface area contributed by atoms with Crippen LogP contribution in [0.5, 0.6) is 0 Å². The fourth-order valence-electron chi connectivity index (χ4n) is 10.1. The molecule has 0 fully saturated rings. The van der Waals surface area contributed by atoms with Crippen molar-refractivity contribution in [2.24, 2.45) is 0 Å². The minimum Gasteiger partial charge on any atom is -0.462 e. The van der Waals surface area contributed by atoms with Gasteiger partial charge >= 0.3 is 17.9 Å². The van der Waals surface area contributed by atoms with Gasteiger partial charge in [0.25, 0.3) is 0 Å². The van der Waals surface area contributed by atoms with Crippen LogP contribution in [0.3, 0.4) is 0 Å². The van der Waals surface area contributed by atoms with Gasteiger partial charge in [-0.25, -0.2) is 0 Å². The van der Waals surface area contributed by atoms with E-state index in [9.17, 15) is 14.4 Å². The maximum absolute atomic E-state index is 12.9. The Labute approximate surface area is 467 Å². The molecular weight excluding hydrogens is 925 g/mol. The molecule has 75 heavy (non-hydrogen) atoms. The first-order valence-electron chi connectivity index (χ1n) is 33.5. The number of hydrogen-bond donors (Lipinski definition) is 0. The summed E-state index contributed by atoms with van der Waals surface area (Å²) in [6.07, 6.45) is 78.7. The van der Waals surface area contributed by atoms with E-state index in [-0.39, 0.29) is 31.1 Å². The molecule has 0 N–H and O–H groups in total. The van der Waals surface area contributed by atoms with Crippen LogP contribution in [-0.2, 0) is 28.6 Å². The zero-order valence-electron chi connectivity index (χ0n) is 50.6. The standard InChI is InChI=1S/C69H128O6/c1-4-7-10-13-16-19-22-25-27-29-31-32-33-34-35-36-37-38-39-41-42-44-47-50-53-56-59-62-68(71)74-65-66(64-73-67(70)61-58-55-52-49-46-24-21-18-15-12-9-6-3)75-69(72)63-60-57-54-51-48-45-43-40-30-28-26-23-20-17-14-11-8-5-2/h22,25,29,31,33-34,66H,4-21,23-24,26-28,30,32,35-65H2,1-3H3/b25-22-,31-29-,34-33-. The highest BCUT2D eigenvalue weighted by atomic mass is 16.6. The van der Waals surface area contributed by atoms with Crippen LogP contribution in [0.2, 0.25) is 0 Å². The van der Waals surface area contributed by atoms with Crippen LogP contribution >= 0.6 is 0 Å². The molecule has 0 aromatic carbocycles. The number of carbonyl (C=O) groups excluding carboxylic acids is 3. The van der Waals surface area contributed by atoms with Crippen molar-refractivity contribution in [2.75, 3.05) is 13.2 Å². The monoisotopic (exact) mass is 1050 g/mol. The van der Waals surface area contributed by atoms with E-state index < -0.39 is 6.10 Å². The lowest BCUT2D eigenvalue weighted by atomic mass is 10.0. The van der Waals surface area contributed by atoms with E-state index in [2.05, 4.69) is 57.2 Å². The molecule has 0 saturated carbocycles. The molecule has 0 spiro atoms. The number of hydrogen-bond acceptors (Lipinski definition) is 6. The summed E-state index contributed by atoms with van der Waals surface area (Å²) in [5, 5.41) is 0. The number of unbranched alkanes of at least 4 members (excludes halogenated alkanes) is 45. The van der Waals surface area contributed by atoms with E-state index in [1.807, 2.05) is 0 Å². The van der Waals surface area contributed by atoms with E-state index in [1.165, 1.54) is 257 Å². The lowest BCUT2D eigenvalue weighted by molar-refractivity contribution is -0.167. The van der Waals surface area contributed by atoms with Gasteiger partial charge in [-0.1, -0.05) is 327 Å². The molecule has 0 heterocycles. The van der Waals surface area contributed by atoms with E-state index in [1.54, 1.807) is 0 Å². The summed E-state index contributed by atoms with van der Waals surface area (Å²) >= 11 is 0. The Morgan fingerprint density at radius 3 is 0.747 bits per heavy atom. The van der Waals surface area contributed by atoms with Crippen LogP contribution < -0.4 is 0 Å². The molecular formula is C69H128O6. The highest BCUT2D eigenvalue weighted by molar-refractivity contribution is 5.71. The predicted octanol–water partition coefficient (Wildman–Crippen LogP) is 22.8. The third-order valence-corrected chi connectivity index (χ3v) is 15.1. The minimum absolute atomic E-state index is 0.0663. The van der Waals surface area contributed by atoms with E-state index in [4.69, 9.17) is 14.2 Å². The molecule has 440 valence electrons. The summed E-state index contributed by atoms with van der Waals surface area (Å²) in [5.74, 6) is -0.842. The first-order chi connectivity index (χ1) is 37.0. The molecule has 0 aromatic rings. The largest absolute Gasteiger partial charge is 0.462 e. The Bertz CT molecular complexity index is 1250. The highest BCUT2D eigenvalue weighted by Gasteiger charge is 2.19. The third-order valence-electron chi connectivity index (χ3n) is 15.1. The van der Waals surface area contributed by atoms with Crippen LogP contribution in [0.15, 0.2) is 36.5 Å². The third kappa shape index (κ3) is 62.4. The Balaban J connectivity index is 4.21. The summed E-state index contributed by atoms with van der Waals surface area (Å²) < 4.78 is 17.0. The molecule has 0 aromatic heterocycles. The molecule has 6 heteroatoms. The predicted molar refractivity (Wildman–Crippen MR) is 326 cm³/mol. The van der Waals surface area contributed by atoms with Crippen molar-refractivity contribution in [1.82, 2.24) is 0 Å². The Kier molecular flexibility index (Phi) is 62.1. The summed E-state index contributed by atoms with van der Waals surface area (Å²) in [4.78, 5) is 38.3. The lowest BCUT2D eigenvalue weighted by Crippen LogP contribution is -2.30. The van der Waals surface area contributed by atoms with Gasteiger partial charge in [0.2, 0.25) is 0 Å². The number of esters is 3. The zero-order valence-corrected chi connectivity index (χ0v) is 50.6. The van der Waals surface area contributed by atoms with Crippen molar-refractivity contribution in [3.8, 4) is 0 Å². The number of allylic oxidation sites excluding steroid dienone is 6. The first kappa shape index (κ1) is 72.6. The van der Waals surface area contributed by atoms with Crippen molar-refractivity contribution in [2.45, 2.75) is 374 Å². The average molecular weight is 1050 g/mol. The topological polar surface area (TPSA) is 78.9 Å². The van der Waals surface area contributed by atoms with Crippen molar-refractivity contribution in [3.05, 3.63) is 36.5 Å². The number of ether oxygens (including phenoxy) is 3. The van der Waals surface area contributed by atoms with E-state index in [0.717, 1.165) is 70.6 Å². The van der Waals surface area contributed by atoms with Gasteiger partial charge in [-0.05, 0) is 57.8 Å². The van der Waals surface area contributed by atoms with E-state index in [0.29, 0.717) is 19.3 Å². The minimum atomic E-state index is -0.768. The molecule has 1 unspecified atom stereocenters. The number of rotatable bonds is 62.